The standard InChI is InChI=1S/C17H17BrN2OS/c1-20(10-12-9-13(18)7-8-15(12)21-2)11-17-19-14-5-3-4-6-16(14)22-17/h3-9H,10-11H2,1-2H3/p+1. The summed E-state index contributed by atoms with van der Waals surface area (Å²) in [6.07, 6.45) is 0. The van der Waals surface area contributed by atoms with Crippen LogP contribution in [0.4, 0.5) is 0 Å². The zero-order valence-electron chi connectivity index (χ0n) is 12.6. The Kier molecular flexibility index (Phi) is 4.76. The summed E-state index contributed by atoms with van der Waals surface area (Å²) in [6.45, 7) is 1.81. The predicted octanol–water partition coefficient (Wildman–Crippen LogP) is 3.28. The highest BCUT2D eigenvalue weighted by atomic mass is 79.9. The molecule has 0 fully saturated rings. The van der Waals surface area contributed by atoms with Crippen molar-refractivity contribution in [3.8, 4) is 5.75 Å². The molecule has 0 bridgehead atoms. The lowest BCUT2D eigenvalue weighted by atomic mass is 10.2. The largest absolute Gasteiger partial charge is 0.496 e. The number of benzene rings is 2. The van der Waals surface area contributed by atoms with Gasteiger partial charge < -0.3 is 9.64 Å². The van der Waals surface area contributed by atoms with Crippen molar-refractivity contribution in [2.45, 2.75) is 13.1 Å². The van der Waals surface area contributed by atoms with E-state index in [0.29, 0.717) is 0 Å². The Bertz CT molecular complexity index is 754. The smallest absolute Gasteiger partial charge is 0.148 e. The third-order valence-electron chi connectivity index (χ3n) is 3.53. The Balaban J connectivity index is 1.74. The first-order chi connectivity index (χ1) is 10.7. The quantitative estimate of drug-likeness (QED) is 0.738. The molecule has 0 aliphatic heterocycles. The summed E-state index contributed by atoms with van der Waals surface area (Å²) in [7, 11) is 3.90. The van der Waals surface area contributed by atoms with E-state index in [9.17, 15) is 0 Å². The van der Waals surface area contributed by atoms with Gasteiger partial charge in [0.2, 0.25) is 0 Å². The van der Waals surface area contributed by atoms with Crippen LogP contribution in [0.25, 0.3) is 10.2 Å². The number of methoxy groups -OCH3 is 1. The van der Waals surface area contributed by atoms with Crippen molar-refractivity contribution in [1.82, 2.24) is 4.98 Å². The summed E-state index contributed by atoms with van der Waals surface area (Å²) in [5, 5.41) is 1.17. The van der Waals surface area contributed by atoms with E-state index in [-0.39, 0.29) is 0 Å². The van der Waals surface area contributed by atoms with E-state index < -0.39 is 0 Å². The molecule has 0 radical (unpaired) electrons. The van der Waals surface area contributed by atoms with E-state index in [1.54, 1.807) is 18.4 Å². The molecule has 0 saturated heterocycles. The van der Waals surface area contributed by atoms with Crippen molar-refractivity contribution < 1.29 is 9.64 Å². The minimum atomic E-state index is 0.901. The fourth-order valence-corrected chi connectivity index (χ4v) is 4.02. The molecule has 5 heteroatoms. The van der Waals surface area contributed by atoms with Gasteiger partial charge in [-0.1, -0.05) is 28.1 Å². The lowest BCUT2D eigenvalue weighted by Gasteiger charge is -2.15. The summed E-state index contributed by atoms with van der Waals surface area (Å²) in [5.41, 5.74) is 2.30. The van der Waals surface area contributed by atoms with Crippen molar-refractivity contribution in [1.29, 1.82) is 0 Å². The lowest BCUT2D eigenvalue weighted by molar-refractivity contribution is -0.907. The summed E-state index contributed by atoms with van der Waals surface area (Å²) in [5.74, 6) is 0.937. The van der Waals surface area contributed by atoms with E-state index in [1.807, 2.05) is 18.2 Å². The number of hydrogen-bond acceptors (Lipinski definition) is 3. The molecule has 3 nitrogen and oxygen atoms in total. The summed E-state index contributed by atoms with van der Waals surface area (Å²) < 4.78 is 7.79. The van der Waals surface area contributed by atoms with Crippen LogP contribution in [-0.4, -0.2) is 19.1 Å². The first-order valence-electron chi connectivity index (χ1n) is 7.14. The number of aromatic nitrogens is 1. The second kappa shape index (κ2) is 6.77. The second-order valence-corrected chi connectivity index (χ2v) is 7.37. The van der Waals surface area contributed by atoms with Gasteiger partial charge in [0.1, 0.15) is 23.8 Å². The molecule has 3 rings (SSSR count). The first kappa shape index (κ1) is 15.5. The maximum Gasteiger partial charge on any atom is 0.148 e. The average molecular weight is 378 g/mol. The van der Waals surface area contributed by atoms with Crippen molar-refractivity contribution in [3.63, 3.8) is 0 Å². The molecule has 1 aromatic heterocycles. The molecule has 0 amide bonds. The Hall–Kier alpha value is -1.43. The molecule has 0 saturated carbocycles. The fraction of sp³-hybridized carbons (Fsp3) is 0.235. The average Bonchev–Trinajstić information content (AvgIpc) is 2.89. The molecule has 3 aromatic rings. The number of hydrogen-bond donors (Lipinski definition) is 1. The minimum Gasteiger partial charge on any atom is -0.496 e. The SMILES string of the molecule is COc1ccc(Br)cc1C[NH+](C)Cc1nc2ccccc2s1. The number of nitrogens with one attached hydrogen (secondary N) is 1. The number of quaternary nitrogens is 1. The van der Waals surface area contributed by atoms with Gasteiger partial charge in [-0.3, -0.25) is 0 Å². The minimum absolute atomic E-state index is 0.901. The molecular weight excluding hydrogens is 360 g/mol. The van der Waals surface area contributed by atoms with Gasteiger partial charge in [-0.05, 0) is 30.3 Å². The Morgan fingerprint density at radius 1 is 1.18 bits per heavy atom. The van der Waals surface area contributed by atoms with Gasteiger partial charge in [-0.2, -0.15) is 0 Å². The Morgan fingerprint density at radius 3 is 2.77 bits per heavy atom. The monoisotopic (exact) mass is 377 g/mol. The van der Waals surface area contributed by atoms with Gasteiger partial charge in [0.05, 0.1) is 24.4 Å². The maximum absolute atomic E-state index is 5.45. The molecule has 0 spiro atoms. The van der Waals surface area contributed by atoms with Gasteiger partial charge in [0, 0.05) is 10.0 Å². The first-order valence-corrected chi connectivity index (χ1v) is 8.75. The molecule has 2 aromatic carbocycles. The van der Waals surface area contributed by atoms with Gasteiger partial charge in [-0.25, -0.2) is 4.98 Å². The zero-order valence-corrected chi connectivity index (χ0v) is 15.0. The van der Waals surface area contributed by atoms with Gasteiger partial charge >= 0.3 is 0 Å². The van der Waals surface area contributed by atoms with Crippen LogP contribution in [-0.2, 0) is 13.1 Å². The number of thiazole rings is 1. The second-order valence-electron chi connectivity index (χ2n) is 5.34. The van der Waals surface area contributed by atoms with Gasteiger partial charge in [-0.15, -0.1) is 11.3 Å². The van der Waals surface area contributed by atoms with Crippen LogP contribution in [0.3, 0.4) is 0 Å². The molecule has 1 unspecified atom stereocenters. The van der Waals surface area contributed by atoms with Crippen LogP contribution < -0.4 is 9.64 Å². The highest BCUT2D eigenvalue weighted by Gasteiger charge is 2.13. The highest BCUT2D eigenvalue weighted by Crippen LogP contribution is 2.23. The van der Waals surface area contributed by atoms with E-state index in [0.717, 1.165) is 28.8 Å². The van der Waals surface area contributed by atoms with Gasteiger partial charge in [0.15, 0.2) is 0 Å². The molecule has 114 valence electrons. The van der Waals surface area contributed by atoms with E-state index in [4.69, 9.17) is 9.72 Å². The highest BCUT2D eigenvalue weighted by molar-refractivity contribution is 9.10. The Morgan fingerprint density at radius 2 is 2.00 bits per heavy atom. The predicted molar refractivity (Wildman–Crippen MR) is 94.6 cm³/mol. The van der Waals surface area contributed by atoms with E-state index in [1.165, 1.54) is 20.2 Å². The van der Waals surface area contributed by atoms with Crippen LogP contribution in [0.2, 0.25) is 0 Å². The van der Waals surface area contributed by atoms with Crippen molar-refractivity contribution in [2.75, 3.05) is 14.2 Å². The van der Waals surface area contributed by atoms with Crippen molar-refractivity contribution in [3.05, 3.63) is 57.5 Å². The number of nitrogens with zero attached hydrogens (tertiary/aromatic N) is 1. The lowest BCUT2D eigenvalue weighted by Crippen LogP contribution is -3.06. The Labute approximate surface area is 142 Å². The van der Waals surface area contributed by atoms with E-state index >= 15 is 0 Å². The van der Waals surface area contributed by atoms with Gasteiger partial charge in [0.25, 0.3) is 0 Å². The summed E-state index contributed by atoms with van der Waals surface area (Å²) >= 11 is 5.31. The summed E-state index contributed by atoms with van der Waals surface area (Å²) in [6, 6.07) is 14.4. The topological polar surface area (TPSA) is 26.6 Å². The molecule has 1 N–H and O–H groups in total. The number of para-hydroxylation sites is 1. The zero-order chi connectivity index (χ0) is 15.5. The maximum atomic E-state index is 5.45. The molecule has 1 atom stereocenters. The third kappa shape index (κ3) is 3.48. The summed E-state index contributed by atoms with van der Waals surface area (Å²) in [4.78, 5) is 6.10. The van der Waals surface area contributed by atoms with Crippen LogP contribution in [0.15, 0.2) is 46.9 Å². The molecule has 0 aliphatic carbocycles. The van der Waals surface area contributed by atoms with Crippen LogP contribution in [0, 0.1) is 0 Å². The van der Waals surface area contributed by atoms with Crippen LogP contribution in [0.5, 0.6) is 5.75 Å². The molecule has 0 aliphatic rings. The molecule has 1 heterocycles. The van der Waals surface area contributed by atoms with Crippen molar-refractivity contribution in [2.24, 2.45) is 0 Å². The number of halogens is 1. The molecule has 22 heavy (non-hydrogen) atoms. The normalized spacial score (nSPS) is 12.5. The number of fused-ring (bicyclic) bond motifs is 1. The van der Waals surface area contributed by atoms with Crippen LogP contribution >= 0.6 is 27.3 Å². The van der Waals surface area contributed by atoms with Crippen molar-refractivity contribution >= 4 is 37.5 Å². The fourth-order valence-electron chi connectivity index (χ4n) is 2.53. The molecular formula is C17H18BrN2OS+. The van der Waals surface area contributed by atoms with Crippen LogP contribution in [0.1, 0.15) is 10.6 Å². The number of ether oxygens (including phenoxy) is 1. The number of rotatable bonds is 5. The third-order valence-corrected chi connectivity index (χ3v) is 5.06. The van der Waals surface area contributed by atoms with E-state index in [2.05, 4.69) is 47.2 Å².